The van der Waals surface area contributed by atoms with Gasteiger partial charge >= 0.3 is 0 Å². The Hall–Kier alpha value is -0.760. The normalized spacial score (nSPS) is 12.9. The SMILES string of the molecule is CCCCCNC(=NC)NCC(c1ccco1)N(C)C.I. The van der Waals surface area contributed by atoms with Crippen molar-refractivity contribution in [1.29, 1.82) is 0 Å². The molecule has 1 unspecified atom stereocenters. The van der Waals surface area contributed by atoms with E-state index in [9.17, 15) is 0 Å². The van der Waals surface area contributed by atoms with Crippen LogP contribution in [-0.4, -0.2) is 45.1 Å². The van der Waals surface area contributed by atoms with Gasteiger partial charge in [-0.3, -0.25) is 9.89 Å². The number of halogens is 1. The van der Waals surface area contributed by atoms with Crippen molar-refractivity contribution in [2.24, 2.45) is 4.99 Å². The molecule has 1 rings (SSSR count). The number of furan rings is 1. The van der Waals surface area contributed by atoms with E-state index in [1.54, 1.807) is 13.3 Å². The molecule has 0 bridgehead atoms. The van der Waals surface area contributed by atoms with Crippen molar-refractivity contribution >= 4 is 29.9 Å². The first-order valence-corrected chi connectivity index (χ1v) is 7.33. The van der Waals surface area contributed by atoms with Crippen LogP contribution in [0.2, 0.25) is 0 Å². The van der Waals surface area contributed by atoms with E-state index >= 15 is 0 Å². The molecule has 0 amide bonds. The van der Waals surface area contributed by atoms with Gasteiger partial charge in [0.2, 0.25) is 0 Å². The van der Waals surface area contributed by atoms with E-state index in [1.165, 1.54) is 19.3 Å². The topological polar surface area (TPSA) is 52.8 Å². The molecule has 0 fully saturated rings. The summed E-state index contributed by atoms with van der Waals surface area (Å²) in [6.45, 7) is 3.92. The molecule has 2 N–H and O–H groups in total. The van der Waals surface area contributed by atoms with E-state index in [2.05, 4.69) is 27.4 Å². The van der Waals surface area contributed by atoms with Crippen LogP contribution in [0.5, 0.6) is 0 Å². The molecule has 0 saturated carbocycles. The Morgan fingerprint density at radius 1 is 1.33 bits per heavy atom. The van der Waals surface area contributed by atoms with Crippen LogP contribution in [-0.2, 0) is 0 Å². The highest BCUT2D eigenvalue weighted by atomic mass is 127. The first-order valence-electron chi connectivity index (χ1n) is 7.33. The van der Waals surface area contributed by atoms with E-state index in [-0.39, 0.29) is 30.0 Å². The summed E-state index contributed by atoms with van der Waals surface area (Å²) in [6.07, 6.45) is 5.36. The van der Waals surface area contributed by atoms with Gasteiger partial charge in [-0.1, -0.05) is 19.8 Å². The molecular formula is C15H29IN4O. The summed E-state index contributed by atoms with van der Waals surface area (Å²) >= 11 is 0. The molecule has 1 aromatic rings. The Morgan fingerprint density at radius 2 is 2.10 bits per heavy atom. The summed E-state index contributed by atoms with van der Waals surface area (Å²) in [7, 11) is 5.89. The van der Waals surface area contributed by atoms with Gasteiger partial charge in [0.1, 0.15) is 5.76 Å². The summed E-state index contributed by atoms with van der Waals surface area (Å²) < 4.78 is 5.49. The number of hydrogen-bond acceptors (Lipinski definition) is 3. The highest BCUT2D eigenvalue weighted by molar-refractivity contribution is 14.0. The molecule has 0 radical (unpaired) electrons. The number of hydrogen-bond donors (Lipinski definition) is 2. The van der Waals surface area contributed by atoms with Crippen LogP contribution in [0.1, 0.15) is 38.0 Å². The first-order chi connectivity index (χ1) is 9.69. The third-order valence-electron chi connectivity index (χ3n) is 3.25. The Morgan fingerprint density at radius 3 is 2.62 bits per heavy atom. The van der Waals surface area contributed by atoms with Gasteiger partial charge < -0.3 is 15.1 Å². The molecule has 1 heterocycles. The summed E-state index contributed by atoms with van der Waals surface area (Å²) in [5, 5.41) is 6.69. The summed E-state index contributed by atoms with van der Waals surface area (Å²) in [5.41, 5.74) is 0. The van der Waals surface area contributed by atoms with Gasteiger partial charge in [-0.15, -0.1) is 24.0 Å². The number of guanidine groups is 1. The third kappa shape index (κ3) is 7.71. The Kier molecular flexibility index (Phi) is 11.4. The van der Waals surface area contributed by atoms with Crippen LogP contribution in [0, 0.1) is 0 Å². The maximum Gasteiger partial charge on any atom is 0.191 e. The van der Waals surface area contributed by atoms with Crippen LogP contribution in [0.15, 0.2) is 27.8 Å². The van der Waals surface area contributed by atoms with E-state index in [4.69, 9.17) is 4.42 Å². The second kappa shape index (κ2) is 11.9. The minimum atomic E-state index is 0. The number of unbranched alkanes of at least 4 members (excludes halogenated alkanes) is 2. The molecule has 0 saturated heterocycles. The summed E-state index contributed by atoms with van der Waals surface area (Å²) in [5.74, 6) is 1.81. The van der Waals surface area contributed by atoms with Gasteiger partial charge in [0.15, 0.2) is 5.96 Å². The van der Waals surface area contributed by atoms with E-state index in [1.807, 2.05) is 26.2 Å². The smallest absolute Gasteiger partial charge is 0.191 e. The van der Waals surface area contributed by atoms with Crippen LogP contribution in [0.3, 0.4) is 0 Å². The first kappa shape index (κ1) is 20.2. The predicted octanol–water partition coefficient (Wildman–Crippen LogP) is 2.86. The molecule has 5 nitrogen and oxygen atoms in total. The molecule has 1 aromatic heterocycles. The lowest BCUT2D eigenvalue weighted by atomic mass is 10.2. The third-order valence-corrected chi connectivity index (χ3v) is 3.25. The average Bonchev–Trinajstić information content (AvgIpc) is 2.95. The van der Waals surface area contributed by atoms with Crippen molar-refractivity contribution in [3.63, 3.8) is 0 Å². The van der Waals surface area contributed by atoms with E-state index in [0.717, 1.165) is 24.8 Å². The quantitative estimate of drug-likeness (QED) is 0.301. The van der Waals surface area contributed by atoms with Gasteiger partial charge in [-0.25, -0.2) is 0 Å². The van der Waals surface area contributed by atoms with Gasteiger partial charge in [-0.2, -0.15) is 0 Å². The van der Waals surface area contributed by atoms with Gasteiger partial charge in [-0.05, 0) is 32.6 Å². The highest BCUT2D eigenvalue weighted by Crippen LogP contribution is 2.17. The molecule has 0 spiro atoms. The van der Waals surface area contributed by atoms with E-state index in [0.29, 0.717) is 0 Å². The fraction of sp³-hybridized carbons (Fsp3) is 0.667. The molecule has 6 heteroatoms. The van der Waals surface area contributed by atoms with Crippen molar-refractivity contribution in [3.8, 4) is 0 Å². The maximum atomic E-state index is 5.49. The molecular weight excluding hydrogens is 379 g/mol. The van der Waals surface area contributed by atoms with Crippen LogP contribution in [0.4, 0.5) is 0 Å². The predicted molar refractivity (Wildman–Crippen MR) is 99.4 cm³/mol. The van der Waals surface area contributed by atoms with Crippen molar-refractivity contribution in [3.05, 3.63) is 24.2 Å². The summed E-state index contributed by atoms with van der Waals surface area (Å²) in [4.78, 5) is 6.38. The molecule has 0 aliphatic rings. The Balaban J connectivity index is 0.00000400. The van der Waals surface area contributed by atoms with Gasteiger partial charge in [0, 0.05) is 20.1 Å². The number of nitrogens with one attached hydrogen (secondary N) is 2. The van der Waals surface area contributed by atoms with Crippen LogP contribution < -0.4 is 10.6 Å². The fourth-order valence-electron chi connectivity index (χ4n) is 2.01. The molecule has 122 valence electrons. The molecule has 21 heavy (non-hydrogen) atoms. The highest BCUT2D eigenvalue weighted by Gasteiger charge is 2.16. The Labute approximate surface area is 145 Å². The van der Waals surface area contributed by atoms with Crippen LogP contribution >= 0.6 is 24.0 Å². The number of likely N-dealkylation sites (N-methyl/N-ethyl adjacent to an activating group) is 1. The van der Waals surface area contributed by atoms with Gasteiger partial charge in [0.05, 0.1) is 12.3 Å². The lowest BCUT2D eigenvalue weighted by Crippen LogP contribution is -2.42. The van der Waals surface area contributed by atoms with Crippen molar-refractivity contribution < 1.29 is 4.42 Å². The molecule has 0 aliphatic heterocycles. The molecule has 0 aromatic carbocycles. The number of nitrogens with zero attached hydrogens (tertiary/aromatic N) is 2. The standard InChI is InChI=1S/C15H28N4O.HI/c1-5-6-7-10-17-15(16-2)18-12-13(19(3)4)14-9-8-11-20-14;/h8-9,11,13H,5-7,10,12H2,1-4H3,(H2,16,17,18);1H. The zero-order valence-corrected chi connectivity index (χ0v) is 15.9. The fourth-order valence-corrected chi connectivity index (χ4v) is 2.01. The lowest BCUT2D eigenvalue weighted by molar-refractivity contribution is 0.258. The number of aliphatic imine (C=N–C) groups is 1. The maximum absolute atomic E-state index is 5.49. The number of rotatable bonds is 8. The molecule has 1 atom stereocenters. The lowest BCUT2D eigenvalue weighted by Gasteiger charge is -2.23. The molecule has 0 aliphatic carbocycles. The minimum absolute atomic E-state index is 0. The van der Waals surface area contributed by atoms with Gasteiger partial charge in [0.25, 0.3) is 0 Å². The average molecular weight is 408 g/mol. The van der Waals surface area contributed by atoms with Crippen molar-refractivity contribution in [2.45, 2.75) is 32.2 Å². The van der Waals surface area contributed by atoms with Crippen molar-refractivity contribution in [1.82, 2.24) is 15.5 Å². The summed E-state index contributed by atoms with van der Waals surface area (Å²) in [6, 6.07) is 4.12. The largest absolute Gasteiger partial charge is 0.468 e. The van der Waals surface area contributed by atoms with Crippen molar-refractivity contribution in [2.75, 3.05) is 34.2 Å². The minimum Gasteiger partial charge on any atom is -0.468 e. The monoisotopic (exact) mass is 408 g/mol. The van der Waals surface area contributed by atoms with Crippen LogP contribution in [0.25, 0.3) is 0 Å². The van der Waals surface area contributed by atoms with E-state index < -0.39 is 0 Å². The Bertz CT molecular complexity index is 379. The second-order valence-electron chi connectivity index (χ2n) is 5.08. The zero-order valence-electron chi connectivity index (χ0n) is 13.6. The second-order valence-corrected chi connectivity index (χ2v) is 5.08. The zero-order chi connectivity index (χ0) is 14.8.